The van der Waals surface area contributed by atoms with Crippen LogP contribution in [-0.2, 0) is 4.79 Å². The van der Waals surface area contributed by atoms with Gasteiger partial charge in [-0.15, -0.1) is 0 Å². The summed E-state index contributed by atoms with van der Waals surface area (Å²) in [6.07, 6.45) is 1.63. The lowest BCUT2D eigenvalue weighted by atomic mass is 10.0. The average molecular weight is 266 g/mol. The molecule has 0 radical (unpaired) electrons. The van der Waals surface area contributed by atoms with Gasteiger partial charge in [0.1, 0.15) is 5.82 Å². The number of halogens is 1. The highest BCUT2D eigenvalue weighted by molar-refractivity contribution is 5.81. The Morgan fingerprint density at radius 3 is 2.58 bits per heavy atom. The molecule has 4 heteroatoms. The van der Waals surface area contributed by atoms with Crippen LogP contribution in [0.1, 0.15) is 45.2 Å². The maximum Gasteiger partial charge on any atom is 0.236 e. The summed E-state index contributed by atoms with van der Waals surface area (Å²) in [5, 5.41) is 6.01. The van der Waals surface area contributed by atoms with Crippen LogP contribution in [-0.4, -0.2) is 18.5 Å². The Kier molecular flexibility index (Phi) is 6.50. The summed E-state index contributed by atoms with van der Waals surface area (Å²) in [5.74, 6) is -0.278. The standard InChI is InChI=1S/C15H23FN2O/c1-4-10-17-15(19)11(3)18-14(5-2)12-8-6-7-9-13(12)16/h6-9,11,14,18H,4-5,10H2,1-3H3,(H,17,19). The van der Waals surface area contributed by atoms with Gasteiger partial charge in [-0.3, -0.25) is 10.1 Å². The van der Waals surface area contributed by atoms with Gasteiger partial charge in [-0.25, -0.2) is 4.39 Å². The van der Waals surface area contributed by atoms with Crippen LogP contribution in [0.15, 0.2) is 24.3 Å². The largest absolute Gasteiger partial charge is 0.355 e. The zero-order valence-corrected chi connectivity index (χ0v) is 11.9. The Labute approximate surface area is 114 Å². The lowest BCUT2D eigenvalue weighted by molar-refractivity contribution is -0.122. The monoisotopic (exact) mass is 266 g/mol. The molecule has 0 aliphatic rings. The lowest BCUT2D eigenvalue weighted by Gasteiger charge is -2.22. The second kappa shape index (κ2) is 7.89. The number of amides is 1. The predicted molar refractivity (Wildman–Crippen MR) is 75.3 cm³/mol. The van der Waals surface area contributed by atoms with Crippen molar-refractivity contribution in [2.75, 3.05) is 6.54 Å². The van der Waals surface area contributed by atoms with E-state index < -0.39 is 0 Å². The lowest BCUT2D eigenvalue weighted by Crippen LogP contribution is -2.43. The molecule has 1 amide bonds. The van der Waals surface area contributed by atoms with Crippen molar-refractivity contribution < 1.29 is 9.18 Å². The predicted octanol–water partition coefficient (Wildman–Crippen LogP) is 2.78. The van der Waals surface area contributed by atoms with E-state index in [4.69, 9.17) is 0 Å². The van der Waals surface area contributed by atoms with E-state index in [0.29, 0.717) is 12.1 Å². The van der Waals surface area contributed by atoms with E-state index in [1.165, 1.54) is 6.07 Å². The molecule has 0 saturated carbocycles. The molecule has 0 aromatic heterocycles. The zero-order chi connectivity index (χ0) is 14.3. The Bertz CT molecular complexity index is 409. The molecule has 106 valence electrons. The number of carbonyl (C=O) groups is 1. The van der Waals surface area contributed by atoms with Gasteiger partial charge >= 0.3 is 0 Å². The third-order valence-corrected chi connectivity index (χ3v) is 3.08. The highest BCUT2D eigenvalue weighted by Crippen LogP contribution is 2.20. The minimum absolute atomic E-state index is 0.0448. The van der Waals surface area contributed by atoms with Crippen LogP contribution < -0.4 is 10.6 Å². The van der Waals surface area contributed by atoms with Crippen LogP contribution in [0, 0.1) is 5.82 Å². The molecule has 0 saturated heterocycles. The van der Waals surface area contributed by atoms with Crippen molar-refractivity contribution in [3.05, 3.63) is 35.6 Å². The zero-order valence-electron chi connectivity index (χ0n) is 11.9. The van der Waals surface area contributed by atoms with Gasteiger partial charge in [-0.1, -0.05) is 32.0 Å². The minimum Gasteiger partial charge on any atom is -0.355 e. The second-order valence-corrected chi connectivity index (χ2v) is 4.66. The van der Waals surface area contributed by atoms with E-state index in [2.05, 4.69) is 10.6 Å². The van der Waals surface area contributed by atoms with Gasteiger partial charge < -0.3 is 5.32 Å². The number of hydrogen-bond donors (Lipinski definition) is 2. The SMILES string of the molecule is CCCNC(=O)C(C)NC(CC)c1ccccc1F. The van der Waals surface area contributed by atoms with Crippen molar-refractivity contribution in [1.29, 1.82) is 0 Å². The van der Waals surface area contributed by atoms with E-state index in [0.717, 1.165) is 12.8 Å². The van der Waals surface area contributed by atoms with Crippen LogP contribution in [0.25, 0.3) is 0 Å². The van der Waals surface area contributed by atoms with Crippen LogP contribution >= 0.6 is 0 Å². The van der Waals surface area contributed by atoms with Gasteiger partial charge in [0.25, 0.3) is 0 Å². The van der Waals surface area contributed by atoms with E-state index >= 15 is 0 Å². The smallest absolute Gasteiger partial charge is 0.236 e. The molecular formula is C15H23FN2O. The maximum atomic E-state index is 13.7. The van der Waals surface area contributed by atoms with E-state index in [9.17, 15) is 9.18 Å². The van der Waals surface area contributed by atoms with Crippen molar-refractivity contribution in [1.82, 2.24) is 10.6 Å². The highest BCUT2D eigenvalue weighted by atomic mass is 19.1. The normalized spacial score (nSPS) is 13.9. The summed E-state index contributed by atoms with van der Waals surface area (Å²) in [4.78, 5) is 11.8. The summed E-state index contributed by atoms with van der Waals surface area (Å²) in [7, 11) is 0. The summed E-state index contributed by atoms with van der Waals surface area (Å²) in [5.41, 5.74) is 0.611. The minimum atomic E-state index is -0.337. The molecule has 1 aromatic rings. The first kappa shape index (κ1) is 15.6. The summed E-state index contributed by atoms with van der Waals surface area (Å²) < 4.78 is 13.7. The molecule has 19 heavy (non-hydrogen) atoms. The van der Waals surface area contributed by atoms with Gasteiger partial charge in [-0.05, 0) is 25.8 Å². The van der Waals surface area contributed by atoms with E-state index in [-0.39, 0.29) is 23.8 Å². The average Bonchev–Trinajstić information content (AvgIpc) is 2.42. The van der Waals surface area contributed by atoms with E-state index in [1.807, 2.05) is 19.9 Å². The topological polar surface area (TPSA) is 41.1 Å². The molecule has 3 nitrogen and oxygen atoms in total. The highest BCUT2D eigenvalue weighted by Gasteiger charge is 2.19. The van der Waals surface area contributed by atoms with Crippen molar-refractivity contribution in [2.24, 2.45) is 0 Å². The molecule has 0 spiro atoms. The first-order valence-corrected chi connectivity index (χ1v) is 6.88. The van der Waals surface area contributed by atoms with Crippen molar-refractivity contribution >= 4 is 5.91 Å². The number of benzene rings is 1. The molecule has 0 aliphatic carbocycles. The van der Waals surface area contributed by atoms with Gasteiger partial charge in [-0.2, -0.15) is 0 Å². The molecule has 0 bridgehead atoms. The Hall–Kier alpha value is -1.42. The van der Waals surface area contributed by atoms with Gasteiger partial charge in [0.05, 0.1) is 6.04 Å². The maximum absolute atomic E-state index is 13.7. The van der Waals surface area contributed by atoms with Crippen LogP contribution in [0.5, 0.6) is 0 Å². The number of carbonyl (C=O) groups excluding carboxylic acids is 1. The molecule has 1 aromatic carbocycles. The van der Waals surface area contributed by atoms with Crippen molar-refractivity contribution in [2.45, 2.75) is 45.7 Å². The Morgan fingerprint density at radius 1 is 1.32 bits per heavy atom. The van der Waals surface area contributed by atoms with Crippen LogP contribution in [0.4, 0.5) is 4.39 Å². The van der Waals surface area contributed by atoms with Crippen molar-refractivity contribution in [3.8, 4) is 0 Å². The number of nitrogens with one attached hydrogen (secondary N) is 2. The van der Waals surface area contributed by atoms with Gasteiger partial charge in [0.2, 0.25) is 5.91 Å². The number of rotatable bonds is 7. The molecule has 1 rings (SSSR count). The summed E-state index contributed by atoms with van der Waals surface area (Å²) in [6.45, 7) is 6.45. The fourth-order valence-electron chi connectivity index (χ4n) is 1.96. The molecule has 2 N–H and O–H groups in total. The molecule has 0 heterocycles. The quantitative estimate of drug-likeness (QED) is 0.796. The molecule has 2 unspecified atom stereocenters. The van der Waals surface area contributed by atoms with E-state index in [1.54, 1.807) is 19.1 Å². The molecule has 0 fully saturated rings. The third kappa shape index (κ3) is 4.63. The van der Waals surface area contributed by atoms with Gasteiger partial charge in [0.15, 0.2) is 0 Å². The third-order valence-electron chi connectivity index (χ3n) is 3.08. The van der Waals surface area contributed by atoms with Gasteiger partial charge in [0, 0.05) is 18.2 Å². The summed E-state index contributed by atoms with van der Waals surface area (Å²) >= 11 is 0. The fourth-order valence-corrected chi connectivity index (χ4v) is 1.96. The van der Waals surface area contributed by atoms with Crippen LogP contribution in [0.3, 0.4) is 0 Å². The molecular weight excluding hydrogens is 243 g/mol. The summed E-state index contributed by atoms with van der Waals surface area (Å²) in [6, 6.07) is 6.20. The first-order chi connectivity index (χ1) is 9.10. The van der Waals surface area contributed by atoms with Crippen LogP contribution in [0.2, 0.25) is 0 Å². The molecule has 0 aliphatic heterocycles. The molecule has 2 atom stereocenters. The first-order valence-electron chi connectivity index (χ1n) is 6.88. The number of hydrogen-bond acceptors (Lipinski definition) is 2. The second-order valence-electron chi connectivity index (χ2n) is 4.66. The Balaban J connectivity index is 2.67. The fraction of sp³-hybridized carbons (Fsp3) is 0.533. The van der Waals surface area contributed by atoms with Crippen molar-refractivity contribution in [3.63, 3.8) is 0 Å². The Morgan fingerprint density at radius 2 is 2.00 bits per heavy atom.